The van der Waals surface area contributed by atoms with E-state index >= 15 is 0 Å². The topological polar surface area (TPSA) is 99.4 Å². The van der Waals surface area contributed by atoms with Crippen LogP contribution in [0.3, 0.4) is 0 Å². The van der Waals surface area contributed by atoms with Crippen LogP contribution in [0.15, 0.2) is 82.6 Å². The van der Waals surface area contributed by atoms with E-state index < -0.39 is 5.82 Å². The fraction of sp³-hybridized carbons (Fsp3) is 0.154. The van der Waals surface area contributed by atoms with Crippen molar-refractivity contribution in [1.29, 1.82) is 0 Å². The molecule has 4 aromatic rings. The van der Waals surface area contributed by atoms with Crippen LogP contribution in [0.1, 0.15) is 29.6 Å². The molecule has 2 aromatic carbocycles. The molecule has 0 fully saturated rings. The molecule has 2 heterocycles. The van der Waals surface area contributed by atoms with Crippen LogP contribution in [-0.2, 0) is 13.0 Å². The van der Waals surface area contributed by atoms with Crippen LogP contribution in [0, 0.1) is 17.5 Å². The van der Waals surface area contributed by atoms with Crippen molar-refractivity contribution in [3.8, 4) is 5.88 Å². The third-order valence-corrected chi connectivity index (χ3v) is 4.87. The summed E-state index contributed by atoms with van der Waals surface area (Å²) < 4.78 is 49.5. The molecule has 0 aliphatic carbocycles. The number of nitrogens with two attached hydrogens (primary N) is 1. The Balaban J connectivity index is 0.000000338. The van der Waals surface area contributed by atoms with Gasteiger partial charge in [-0.25, -0.2) is 13.8 Å². The highest BCUT2D eigenvalue weighted by atomic mass is 19.1. The van der Waals surface area contributed by atoms with Crippen molar-refractivity contribution in [3.63, 3.8) is 0 Å². The molecule has 7 nitrogen and oxygen atoms in total. The summed E-state index contributed by atoms with van der Waals surface area (Å²) in [5.41, 5.74) is 8.04. The standard InChI is InChI=1S/C18H15F2N5O2.C8H9F/c1-26-18-13(20)10-23-17(24-18)14(21)8-16(15-6-7-27-25-15)22-9-11-4-2-3-5-12(11)19;1-2-7-5-3-4-6-8(7)9/h2-8,10H,9,21H2,1H3;3-6H,2H2,1H3. The minimum absolute atomic E-state index is 0.0512. The summed E-state index contributed by atoms with van der Waals surface area (Å²) in [6.07, 6.45) is 4.54. The Kier molecular flexibility index (Phi) is 9.33. The van der Waals surface area contributed by atoms with Gasteiger partial charge in [-0.1, -0.05) is 48.5 Å². The highest BCUT2D eigenvalue weighted by Crippen LogP contribution is 2.15. The van der Waals surface area contributed by atoms with E-state index in [1.807, 2.05) is 13.0 Å². The van der Waals surface area contributed by atoms with Crippen LogP contribution >= 0.6 is 0 Å². The molecular formula is C26H24F3N5O2. The van der Waals surface area contributed by atoms with Crippen molar-refractivity contribution >= 4 is 11.4 Å². The van der Waals surface area contributed by atoms with Gasteiger partial charge >= 0.3 is 0 Å². The van der Waals surface area contributed by atoms with Crippen molar-refractivity contribution in [2.24, 2.45) is 10.7 Å². The molecule has 0 saturated carbocycles. The number of aromatic nitrogens is 3. The van der Waals surface area contributed by atoms with E-state index in [1.165, 1.54) is 31.6 Å². The Hall–Kier alpha value is -4.47. The lowest BCUT2D eigenvalue weighted by molar-refractivity contribution is 0.366. The van der Waals surface area contributed by atoms with E-state index in [0.717, 1.165) is 18.2 Å². The minimum atomic E-state index is -0.709. The number of halogens is 3. The lowest BCUT2D eigenvalue weighted by Gasteiger charge is -2.05. The molecular weight excluding hydrogens is 471 g/mol. The largest absolute Gasteiger partial charge is 0.479 e. The second-order valence-electron chi connectivity index (χ2n) is 7.27. The summed E-state index contributed by atoms with van der Waals surface area (Å²) in [6, 6.07) is 14.7. The molecule has 0 atom stereocenters. The van der Waals surface area contributed by atoms with Gasteiger partial charge in [-0.15, -0.1) is 0 Å². The molecule has 4 rings (SSSR count). The molecule has 36 heavy (non-hydrogen) atoms. The number of nitrogens with zero attached hydrogens (tertiary/aromatic N) is 4. The van der Waals surface area contributed by atoms with Gasteiger partial charge in [0.05, 0.1) is 31.3 Å². The Morgan fingerprint density at radius 3 is 2.22 bits per heavy atom. The van der Waals surface area contributed by atoms with Crippen molar-refractivity contribution in [1.82, 2.24) is 15.1 Å². The predicted octanol–water partition coefficient (Wildman–Crippen LogP) is 5.13. The number of rotatable bonds is 7. The van der Waals surface area contributed by atoms with E-state index in [2.05, 4.69) is 20.1 Å². The summed E-state index contributed by atoms with van der Waals surface area (Å²) in [7, 11) is 1.28. The van der Waals surface area contributed by atoms with Crippen LogP contribution in [-0.4, -0.2) is 27.9 Å². The highest BCUT2D eigenvalue weighted by molar-refractivity contribution is 6.10. The molecule has 2 N–H and O–H groups in total. The maximum Gasteiger partial charge on any atom is 0.253 e. The van der Waals surface area contributed by atoms with Crippen LogP contribution in [0.25, 0.3) is 5.70 Å². The normalized spacial score (nSPS) is 11.6. The molecule has 186 valence electrons. The summed E-state index contributed by atoms with van der Waals surface area (Å²) >= 11 is 0. The fourth-order valence-corrected chi connectivity index (χ4v) is 2.97. The second kappa shape index (κ2) is 12.8. The lowest BCUT2D eigenvalue weighted by atomic mass is 10.2. The first-order chi connectivity index (χ1) is 17.4. The number of aliphatic imine (C=N–C) groups is 1. The van der Waals surface area contributed by atoms with E-state index in [0.29, 0.717) is 17.0 Å². The first-order valence-corrected chi connectivity index (χ1v) is 10.9. The van der Waals surface area contributed by atoms with Crippen molar-refractivity contribution in [2.45, 2.75) is 19.9 Å². The number of hydrogen-bond acceptors (Lipinski definition) is 7. The highest BCUT2D eigenvalue weighted by Gasteiger charge is 2.12. The molecule has 0 unspecified atom stereocenters. The number of aryl methyl sites for hydroxylation is 1. The van der Waals surface area contributed by atoms with Gasteiger partial charge in [0.1, 0.15) is 23.6 Å². The molecule has 0 saturated heterocycles. The van der Waals surface area contributed by atoms with Gasteiger partial charge in [0.2, 0.25) is 5.82 Å². The minimum Gasteiger partial charge on any atom is -0.479 e. The summed E-state index contributed by atoms with van der Waals surface area (Å²) in [4.78, 5) is 12.1. The lowest BCUT2D eigenvalue weighted by Crippen LogP contribution is -2.09. The Bertz CT molecular complexity index is 1340. The van der Waals surface area contributed by atoms with Crippen molar-refractivity contribution in [2.75, 3.05) is 7.11 Å². The average molecular weight is 496 g/mol. The molecule has 0 aliphatic rings. The Morgan fingerprint density at radius 2 is 1.67 bits per heavy atom. The first-order valence-electron chi connectivity index (χ1n) is 10.9. The monoisotopic (exact) mass is 495 g/mol. The molecule has 2 aromatic heterocycles. The molecule has 10 heteroatoms. The van der Waals surface area contributed by atoms with Gasteiger partial charge < -0.3 is 15.0 Å². The fourth-order valence-electron chi connectivity index (χ4n) is 2.97. The molecule has 0 amide bonds. The van der Waals surface area contributed by atoms with E-state index in [-0.39, 0.29) is 35.6 Å². The first kappa shape index (κ1) is 26.1. The van der Waals surface area contributed by atoms with Crippen LogP contribution in [0.2, 0.25) is 0 Å². The van der Waals surface area contributed by atoms with Crippen LogP contribution in [0.4, 0.5) is 13.2 Å². The molecule has 0 aliphatic heterocycles. The zero-order valence-electron chi connectivity index (χ0n) is 19.7. The molecule has 0 bridgehead atoms. The number of hydrogen-bond donors (Lipinski definition) is 1. The zero-order valence-corrected chi connectivity index (χ0v) is 19.7. The SMILES string of the molecule is CCc1ccccc1F.COc1nc(C(N)=CC(=NCc2ccccc2F)c2ccon2)ncc1F. The summed E-state index contributed by atoms with van der Waals surface area (Å²) in [6.45, 7) is 2.00. The average Bonchev–Trinajstić information content (AvgIpc) is 3.43. The van der Waals surface area contributed by atoms with Crippen LogP contribution in [0.5, 0.6) is 5.88 Å². The van der Waals surface area contributed by atoms with Gasteiger partial charge in [0, 0.05) is 11.6 Å². The maximum absolute atomic E-state index is 13.8. The number of benzene rings is 2. The van der Waals surface area contributed by atoms with Gasteiger partial charge in [0.15, 0.2) is 5.82 Å². The molecule has 0 spiro atoms. The van der Waals surface area contributed by atoms with E-state index in [4.69, 9.17) is 15.0 Å². The number of allylic oxidation sites excluding steroid dienone is 1. The number of methoxy groups -OCH3 is 1. The van der Waals surface area contributed by atoms with Crippen LogP contribution < -0.4 is 10.5 Å². The third kappa shape index (κ3) is 7.02. The smallest absolute Gasteiger partial charge is 0.253 e. The summed E-state index contributed by atoms with van der Waals surface area (Å²) in [5.74, 6) is -1.36. The quantitative estimate of drug-likeness (QED) is 0.357. The third-order valence-electron chi connectivity index (χ3n) is 4.87. The van der Waals surface area contributed by atoms with Gasteiger partial charge in [-0.2, -0.15) is 9.37 Å². The van der Waals surface area contributed by atoms with Gasteiger partial charge in [-0.3, -0.25) is 4.99 Å². The van der Waals surface area contributed by atoms with Gasteiger partial charge in [-0.05, 0) is 30.2 Å². The van der Waals surface area contributed by atoms with Crippen molar-refractivity contribution in [3.05, 3.63) is 113 Å². The van der Waals surface area contributed by atoms with Crippen molar-refractivity contribution < 1.29 is 22.4 Å². The Morgan fingerprint density at radius 1 is 1.00 bits per heavy atom. The second-order valence-corrected chi connectivity index (χ2v) is 7.27. The van der Waals surface area contributed by atoms with Gasteiger partial charge in [0.25, 0.3) is 5.88 Å². The zero-order chi connectivity index (χ0) is 25.9. The molecule has 0 radical (unpaired) electrons. The van der Waals surface area contributed by atoms with E-state index in [9.17, 15) is 13.2 Å². The predicted molar refractivity (Wildman–Crippen MR) is 130 cm³/mol. The Labute approximate surface area is 206 Å². The maximum atomic E-state index is 13.8. The van der Waals surface area contributed by atoms with E-state index in [1.54, 1.807) is 36.4 Å². The number of ether oxygens (including phenoxy) is 1. The summed E-state index contributed by atoms with van der Waals surface area (Å²) in [5, 5.41) is 3.82.